The minimum Gasteiger partial charge on any atom is -0.382 e. The summed E-state index contributed by atoms with van der Waals surface area (Å²) in [7, 11) is 1.91. The van der Waals surface area contributed by atoms with Gasteiger partial charge in [-0.2, -0.15) is 5.10 Å². The van der Waals surface area contributed by atoms with Crippen molar-refractivity contribution in [1.29, 1.82) is 0 Å². The van der Waals surface area contributed by atoms with Gasteiger partial charge in [0.2, 0.25) is 0 Å². The standard InChI is InChI=1S/C12H19N5O/c1-4-18-7-5-6-13-12-11-10(14-8-15-12)9(2)16-17(11)3/h8H,4-7H2,1-3H3,(H,13,14,15). The Labute approximate surface area is 106 Å². The molecule has 0 radical (unpaired) electrons. The maximum Gasteiger partial charge on any atom is 0.155 e. The van der Waals surface area contributed by atoms with Gasteiger partial charge in [0, 0.05) is 26.8 Å². The van der Waals surface area contributed by atoms with Crippen LogP contribution in [0.25, 0.3) is 11.0 Å². The Kier molecular flexibility index (Phi) is 4.09. The van der Waals surface area contributed by atoms with Crippen LogP contribution in [0.15, 0.2) is 6.33 Å². The molecule has 6 heteroatoms. The fourth-order valence-corrected chi connectivity index (χ4v) is 1.93. The van der Waals surface area contributed by atoms with Gasteiger partial charge in [0.15, 0.2) is 5.82 Å². The third-order valence-electron chi connectivity index (χ3n) is 2.75. The molecule has 0 aliphatic rings. The van der Waals surface area contributed by atoms with Crippen molar-refractivity contribution in [2.75, 3.05) is 25.1 Å². The summed E-state index contributed by atoms with van der Waals surface area (Å²) in [6, 6.07) is 0. The highest BCUT2D eigenvalue weighted by Crippen LogP contribution is 2.20. The van der Waals surface area contributed by atoms with E-state index in [-0.39, 0.29) is 0 Å². The van der Waals surface area contributed by atoms with E-state index in [9.17, 15) is 0 Å². The summed E-state index contributed by atoms with van der Waals surface area (Å²) >= 11 is 0. The lowest BCUT2D eigenvalue weighted by atomic mass is 10.3. The number of ether oxygens (including phenoxy) is 1. The number of aromatic nitrogens is 4. The summed E-state index contributed by atoms with van der Waals surface area (Å²) in [5.41, 5.74) is 2.78. The number of hydrogen-bond acceptors (Lipinski definition) is 5. The van der Waals surface area contributed by atoms with Crippen LogP contribution in [0.5, 0.6) is 0 Å². The Balaban J connectivity index is 2.08. The lowest BCUT2D eigenvalue weighted by molar-refractivity contribution is 0.147. The minimum atomic E-state index is 0.763. The van der Waals surface area contributed by atoms with Gasteiger partial charge in [-0.1, -0.05) is 0 Å². The van der Waals surface area contributed by atoms with E-state index in [0.717, 1.165) is 48.7 Å². The van der Waals surface area contributed by atoms with Gasteiger partial charge in [-0.25, -0.2) is 9.97 Å². The summed E-state index contributed by atoms with van der Waals surface area (Å²) in [5, 5.41) is 7.67. The van der Waals surface area contributed by atoms with Crippen LogP contribution in [0.4, 0.5) is 5.82 Å². The van der Waals surface area contributed by atoms with Gasteiger partial charge in [0.25, 0.3) is 0 Å². The lowest BCUT2D eigenvalue weighted by Crippen LogP contribution is -2.08. The summed E-state index contributed by atoms with van der Waals surface area (Å²) < 4.78 is 7.11. The monoisotopic (exact) mass is 249 g/mol. The van der Waals surface area contributed by atoms with E-state index in [2.05, 4.69) is 20.4 Å². The van der Waals surface area contributed by atoms with Crippen LogP contribution < -0.4 is 5.32 Å². The molecule has 2 rings (SSSR count). The first-order chi connectivity index (χ1) is 8.74. The van der Waals surface area contributed by atoms with Crippen molar-refractivity contribution in [2.24, 2.45) is 7.05 Å². The number of anilines is 1. The molecule has 0 aliphatic carbocycles. The lowest BCUT2D eigenvalue weighted by Gasteiger charge is -2.07. The first-order valence-corrected chi connectivity index (χ1v) is 6.20. The number of nitrogens with one attached hydrogen (secondary N) is 1. The molecule has 0 spiro atoms. The molecule has 0 atom stereocenters. The van der Waals surface area contributed by atoms with E-state index in [4.69, 9.17) is 4.74 Å². The van der Waals surface area contributed by atoms with E-state index in [0.29, 0.717) is 0 Å². The highest BCUT2D eigenvalue weighted by molar-refractivity contribution is 5.87. The van der Waals surface area contributed by atoms with Gasteiger partial charge in [0.05, 0.1) is 5.69 Å². The number of aryl methyl sites for hydroxylation is 2. The van der Waals surface area contributed by atoms with Gasteiger partial charge in [0.1, 0.15) is 17.4 Å². The first kappa shape index (κ1) is 12.8. The van der Waals surface area contributed by atoms with E-state index >= 15 is 0 Å². The van der Waals surface area contributed by atoms with Gasteiger partial charge in [-0.3, -0.25) is 4.68 Å². The molecular weight excluding hydrogens is 230 g/mol. The van der Waals surface area contributed by atoms with Crippen molar-refractivity contribution in [3.05, 3.63) is 12.0 Å². The fourth-order valence-electron chi connectivity index (χ4n) is 1.93. The SMILES string of the molecule is CCOCCCNc1ncnc2c(C)nn(C)c12. The molecule has 18 heavy (non-hydrogen) atoms. The molecule has 0 fully saturated rings. The maximum absolute atomic E-state index is 5.30. The predicted molar refractivity (Wildman–Crippen MR) is 70.6 cm³/mol. The van der Waals surface area contributed by atoms with Gasteiger partial charge in [-0.15, -0.1) is 0 Å². The van der Waals surface area contributed by atoms with E-state index < -0.39 is 0 Å². The molecule has 0 amide bonds. The van der Waals surface area contributed by atoms with Crippen LogP contribution in [0.2, 0.25) is 0 Å². The molecule has 0 aromatic carbocycles. The van der Waals surface area contributed by atoms with E-state index in [1.807, 2.05) is 25.6 Å². The quantitative estimate of drug-likeness (QED) is 0.786. The Morgan fingerprint density at radius 1 is 1.39 bits per heavy atom. The number of rotatable bonds is 6. The number of hydrogen-bond donors (Lipinski definition) is 1. The summed E-state index contributed by atoms with van der Waals surface area (Å²) in [6.45, 7) is 6.31. The molecule has 0 saturated heterocycles. The van der Waals surface area contributed by atoms with Crippen molar-refractivity contribution in [3.63, 3.8) is 0 Å². The average Bonchev–Trinajstić information content (AvgIpc) is 2.66. The average molecular weight is 249 g/mol. The molecule has 6 nitrogen and oxygen atoms in total. The Morgan fingerprint density at radius 2 is 2.22 bits per heavy atom. The molecule has 0 saturated carbocycles. The van der Waals surface area contributed by atoms with E-state index in [1.54, 1.807) is 6.33 Å². The molecule has 1 N–H and O–H groups in total. The van der Waals surface area contributed by atoms with Crippen LogP contribution in [-0.2, 0) is 11.8 Å². The van der Waals surface area contributed by atoms with Crippen LogP contribution in [0.1, 0.15) is 19.0 Å². The van der Waals surface area contributed by atoms with Gasteiger partial charge < -0.3 is 10.1 Å². The predicted octanol–water partition coefficient (Wildman–Crippen LogP) is 1.51. The third kappa shape index (κ3) is 2.59. The van der Waals surface area contributed by atoms with Gasteiger partial charge >= 0.3 is 0 Å². The van der Waals surface area contributed by atoms with Crippen LogP contribution in [0.3, 0.4) is 0 Å². The Bertz CT molecular complexity index is 522. The topological polar surface area (TPSA) is 64.9 Å². The molecule has 2 aromatic rings. The van der Waals surface area contributed by atoms with Crippen molar-refractivity contribution >= 4 is 16.9 Å². The molecule has 0 bridgehead atoms. The second-order valence-corrected chi connectivity index (χ2v) is 4.11. The van der Waals surface area contributed by atoms with Crippen LogP contribution >= 0.6 is 0 Å². The summed E-state index contributed by atoms with van der Waals surface area (Å²) in [4.78, 5) is 8.54. The molecular formula is C12H19N5O. The Hall–Kier alpha value is -1.69. The van der Waals surface area contributed by atoms with Crippen LogP contribution in [0, 0.1) is 6.92 Å². The van der Waals surface area contributed by atoms with Gasteiger partial charge in [-0.05, 0) is 20.3 Å². The van der Waals surface area contributed by atoms with Crippen molar-refractivity contribution in [2.45, 2.75) is 20.3 Å². The van der Waals surface area contributed by atoms with Crippen molar-refractivity contribution in [1.82, 2.24) is 19.7 Å². The second-order valence-electron chi connectivity index (χ2n) is 4.11. The maximum atomic E-state index is 5.30. The normalized spacial score (nSPS) is 11.1. The van der Waals surface area contributed by atoms with Crippen molar-refractivity contribution < 1.29 is 4.74 Å². The largest absolute Gasteiger partial charge is 0.382 e. The molecule has 0 aliphatic heterocycles. The first-order valence-electron chi connectivity index (χ1n) is 6.20. The zero-order chi connectivity index (χ0) is 13.0. The highest BCUT2D eigenvalue weighted by Gasteiger charge is 2.11. The number of nitrogens with zero attached hydrogens (tertiary/aromatic N) is 4. The molecule has 2 aromatic heterocycles. The summed E-state index contributed by atoms with van der Waals surface area (Å²) in [5.74, 6) is 0.833. The van der Waals surface area contributed by atoms with E-state index in [1.165, 1.54) is 0 Å². The highest BCUT2D eigenvalue weighted by atomic mass is 16.5. The third-order valence-corrected chi connectivity index (χ3v) is 2.75. The molecule has 0 unspecified atom stereocenters. The fraction of sp³-hybridized carbons (Fsp3) is 0.583. The zero-order valence-electron chi connectivity index (χ0n) is 11.1. The zero-order valence-corrected chi connectivity index (χ0v) is 11.1. The molecule has 98 valence electrons. The number of fused-ring (bicyclic) bond motifs is 1. The van der Waals surface area contributed by atoms with Crippen LogP contribution in [-0.4, -0.2) is 39.5 Å². The molecule has 2 heterocycles. The minimum absolute atomic E-state index is 0.763. The second kappa shape index (κ2) is 5.77. The van der Waals surface area contributed by atoms with Crippen molar-refractivity contribution in [3.8, 4) is 0 Å². The summed E-state index contributed by atoms with van der Waals surface area (Å²) in [6.07, 6.45) is 2.53. The smallest absolute Gasteiger partial charge is 0.155 e. The Morgan fingerprint density at radius 3 is 3.00 bits per heavy atom.